The van der Waals surface area contributed by atoms with Crippen LogP contribution in [0.25, 0.3) is 15.7 Å². The molecule has 0 aliphatic heterocycles. The van der Waals surface area contributed by atoms with Crippen LogP contribution in [-0.2, 0) is 12.1 Å². The molecule has 1 aromatic heterocycles. The predicted molar refractivity (Wildman–Crippen MR) is 92.5 cm³/mol. The van der Waals surface area contributed by atoms with E-state index in [1.54, 1.807) is 4.57 Å². The highest BCUT2D eigenvalue weighted by Gasteiger charge is 2.55. The maximum absolute atomic E-state index is 13.4. The summed E-state index contributed by atoms with van der Waals surface area (Å²) in [6, 6.07) is 13.4. The fourth-order valence-corrected chi connectivity index (χ4v) is 2.86. The Bertz CT molecular complexity index is 1040. The molecule has 1 N–H and O–H groups in total. The highest BCUT2D eigenvalue weighted by atomic mass is 19.4. The summed E-state index contributed by atoms with van der Waals surface area (Å²) in [5, 5.41) is 10.4. The first-order valence-corrected chi connectivity index (χ1v) is 7.62. The maximum Gasteiger partial charge on any atom is 0.433 e. The first-order chi connectivity index (χ1) is 12.3. The average molecular weight is 354 g/mol. The van der Waals surface area contributed by atoms with Gasteiger partial charge in [0.05, 0.1) is 6.57 Å². The second kappa shape index (κ2) is 6.25. The van der Waals surface area contributed by atoms with E-state index in [-0.39, 0.29) is 17.6 Å². The molecule has 3 nitrogen and oxygen atoms in total. The third-order valence-corrected chi connectivity index (χ3v) is 4.20. The van der Waals surface area contributed by atoms with Crippen LogP contribution in [0.4, 0.5) is 18.9 Å². The molecular formula is C20H13F3N2O. The number of nitrogens with zero attached hydrogens (tertiary/aromatic N) is 2. The van der Waals surface area contributed by atoms with E-state index < -0.39 is 17.3 Å². The van der Waals surface area contributed by atoms with E-state index in [1.165, 1.54) is 30.3 Å². The molecule has 0 saturated heterocycles. The Balaban J connectivity index is 2.26. The van der Waals surface area contributed by atoms with Gasteiger partial charge in [-0.15, -0.1) is 6.42 Å². The van der Waals surface area contributed by atoms with Crippen LogP contribution in [0, 0.1) is 18.9 Å². The van der Waals surface area contributed by atoms with Crippen LogP contribution in [0.5, 0.6) is 0 Å². The molecule has 0 fully saturated rings. The third kappa shape index (κ3) is 2.81. The molecule has 130 valence electrons. The highest BCUT2D eigenvalue weighted by Crippen LogP contribution is 2.42. The summed E-state index contributed by atoms with van der Waals surface area (Å²) in [6.45, 7) is 7.40. The second-order valence-corrected chi connectivity index (χ2v) is 5.82. The predicted octanol–water partition coefficient (Wildman–Crippen LogP) is 4.62. The Morgan fingerprint density at radius 2 is 1.85 bits per heavy atom. The van der Waals surface area contributed by atoms with Gasteiger partial charge in [0.25, 0.3) is 0 Å². The molecule has 2 aromatic carbocycles. The minimum Gasteiger partial charge on any atom is -0.366 e. The molecule has 1 heterocycles. The first kappa shape index (κ1) is 17.6. The van der Waals surface area contributed by atoms with Gasteiger partial charge in [-0.2, -0.15) is 13.2 Å². The Kier molecular flexibility index (Phi) is 4.23. The molecule has 1 atom stereocenters. The smallest absolute Gasteiger partial charge is 0.366 e. The molecule has 0 radical (unpaired) electrons. The van der Waals surface area contributed by atoms with E-state index in [4.69, 9.17) is 13.0 Å². The fraction of sp³-hybridized carbons (Fsp3) is 0.150. The number of hydrogen-bond acceptors (Lipinski definition) is 1. The van der Waals surface area contributed by atoms with Crippen LogP contribution in [0.3, 0.4) is 0 Å². The second-order valence-electron chi connectivity index (χ2n) is 5.82. The summed E-state index contributed by atoms with van der Waals surface area (Å²) in [5.74, 6) is 1.49. The molecule has 6 heteroatoms. The quantitative estimate of drug-likeness (QED) is 0.540. The molecular weight excluding hydrogens is 341 g/mol. The van der Waals surface area contributed by atoms with Crippen LogP contribution >= 0.6 is 0 Å². The zero-order valence-electron chi connectivity index (χ0n) is 13.5. The number of benzene rings is 2. The summed E-state index contributed by atoms with van der Waals surface area (Å²) >= 11 is 0. The summed E-state index contributed by atoms with van der Waals surface area (Å²) in [4.78, 5) is 3.32. The summed E-state index contributed by atoms with van der Waals surface area (Å²) in [7, 11) is 0. The molecule has 1 unspecified atom stereocenters. The van der Waals surface area contributed by atoms with E-state index in [1.807, 2.05) is 30.3 Å². The molecule has 3 rings (SSSR count). The van der Waals surface area contributed by atoms with Crippen molar-refractivity contribution in [1.82, 2.24) is 4.57 Å². The largest absolute Gasteiger partial charge is 0.433 e. The van der Waals surface area contributed by atoms with Gasteiger partial charge in [0.15, 0.2) is 5.69 Å². The number of hydrogen-bond donors (Lipinski definition) is 1. The lowest BCUT2D eigenvalue weighted by atomic mass is 9.93. The summed E-state index contributed by atoms with van der Waals surface area (Å²) < 4.78 is 41.9. The van der Waals surface area contributed by atoms with Gasteiger partial charge in [-0.3, -0.25) is 0 Å². The number of halogens is 3. The Hall–Kier alpha value is -3.22. The van der Waals surface area contributed by atoms with Crippen LogP contribution in [0.2, 0.25) is 0 Å². The van der Waals surface area contributed by atoms with Gasteiger partial charge < -0.3 is 9.67 Å². The van der Waals surface area contributed by atoms with Crippen molar-refractivity contribution >= 4 is 16.6 Å². The summed E-state index contributed by atoms with van der Waals surface area (Å²) in [5.41, 5.74) is -2.29. The van der Waals surface area contributed by atoms with Gasteiger partial charge in [0.1, 0.15) is 0 Å². The number of aliphatic hydroxyl groups is 1. The van der Waals surface area contributed by atoms with Crippen LogP contribution < -0.4 is 0 Å². The zero-order chi connectivity index (χ0) is 18.9. The van der Waals surface area contributed by atoms with E-state index >= 15 is 0 Å². The van der Waals surface area contributed by atoms with Crippen molar-refractivity contribution in [3.05, 3.63) is 77.3 Å². The topological polar surface area (TPSA) is 29.5 Å². The monoisotopic (exact) mass is 354 g/mol. The molecule has 0 aliphatic rings. The minimum absolute atomic E-state index is 0.158. The molecule has 26 heavy (non-hydrogen) atoms. The Morgan fingerprint density at radius 1 is 1.15 bits per heavy atom. The van der Waals surface area contributed by atoms with Crippen molar-refractivity contribution in [2.45, 2.75) is 18.3 Å². The molecule has 0 saturated carbocycles. The van der Waals surface area contributed by atoms with Gasteiger partial charge in [0, 0.05) is 29.2 Å². The van der Waals surface area contributed by atoms with E-state index in [2.05, 4.69) is 4.85 Å². The van der Waals surface area contributed by atoms with Gasteiger partial charge in [-0.1, -0.05) is 48.4 Å². The van der Waals surface area contributed by atoms with Crippen molar-refractivity contribution in [2.75, 3.05) is 0 Å². The van der Waals surface area contributed by atoms with Crippen molar-refractivity contribution in [2.24, 2.45) is 0 Å². The Labute approximate surface area is 148 Å². The summed E-state index contributed by atoms with van der Waals surface area (Å²) in [6.07, 6.45) is 1.23. The standard InChI is InChI=1S/C20H13F3N2O/c1-3-19(26,20(21,22)23)17-13-25(12-14-7-5-4-6-8-14)18-11-15(24-2)9-10-16(17)18/h1,4-11,13,26H,12H2. The molecule has 0 bridgehead atoms. The van der Waals surface area contributed by atoms with Crippen molar-refractivity contribution < 1.29 is 18.3 Å². The van der Waals surface area contributed by atoms with E-state index in [0.29, 0.717) is 5.52 Å². The van der Waals surface area contributed by atoms with Crippen molar-refractivity contribution in [3.63, 3.8) is 0 Å². The Morgan fingerprint density at radius 3 is 2.42 bits per heavy atom. The van der Waals surface area contributed by atoms with Gasteiger partial charge in [-0.05, 0) is 11.6 Å². The SMILES string of the molecule is [C-]#[N+]c1ccc2c(C(O)(C#C)C(F)(F)F)cn(Cc3ccccc3)c2c1. The number of aromatic nitrogens is 1. The number of rotatable bonds is 3. The van der Waals surface area contributed by atoms with Gasteiger partial charge in [-0.25, -0.2) is 4.85 Å². The molecule has 0 amide bonds. The lowest BCUT2D eigenvalue weighted by Crippen LogP contribution is -2.40. The first-order valence-electron chi connectivity index (χ1n) is 7.62. The lowest BCUT2D eigenvalue weighted by Gasteiger charge is -2.24. The highest BCUT2D eigenvalue weighted by molar-refractivity contribution is 5.88. The van der Waals surface area contributed by atoms with Gasteiger partial charge in [0.2, 0.25) is 5.60 Å². The normalized spacial score (nSPS) is 13.8. The molecule has 0 spiro atoms. The van der Waals surface area contributed by atoms with E-state index in [0.717, 1.165) is 5.56 Å². The fourth-order valence-electron chi connectivity index (χ4n) is 2.86. The molecule has 0 aliphatic carbocycles. The lowest BCUT2D eigenvalue weighted by molar-refractivity contribution is -0.240. The zero-order valence-corrected chi connectivity index (χ0v) is 13.5. The van der Waals surface area contributed by atoms with Gasteiger partial charge >= 0.3 is 6.18 Å². The van der Waals surface area contributed by atoms with Crippen molar-refractivity contribution in [3.8, 4) is 12.3 Å². The maximum atomic E-state index is 13.4. The van der Waals surface area contributed by atoms with Crippen molar-refractivity contribution in [1.29, 1.82) is 0 Å². The van der Waals surface area contributed by atoms with Crippen LogP contribution in [0.1, 0.15) is 11.1 Å². The van der Waals surface area contributed by atoms with Crippen LogP contribution in [-0.4, -0.2) is 15.8 Å². The number of terminal acetylenes is 1. The molecule has 3 aromatic rings. The van der Waals surface area contributed by atoms with E-state index in [9.17, 15) is 18.3 Å². The third-order valence-electron chi connectivity index (χ3n) is 4.20. The minimum atomic E-state index is -5.04. The van der Waals surface area contributed by atoms with Crippen LogP contribution in [0.15, 0.2) is 54.7 Å². The number of alkyl halides is 3. The average Bonchev–Trinajstić information content (AvgIpc) is 2.99. The number of fused-ring (bicyclic) bond motifs is 1.